The highest BCUT2D eigenvalue weighted by Gasteiger charge is 2.33. The van der Waals surface area contributed by atoms with Crippen LogP contribution in [0.4, 0.5) is 13.2 Å². The molecule has 0 unspecified atom stereocenters. The SMILES string of the molecule is CCc1ccn2c(=O)cc(C(F)(F)F)nc2c1. The molecule has 0 spiro atoms. The largest absolute Gasteiger partial charge is 0.433 e. The van der Waals surface area contributed by atoms with E-state index < -0.39 is 17.4 Å². The summed E-state index contributed by atoms with van der Waals surface area (Å²) in [5.74, 6) is 0. The molecule has 2 aromatic heterocycles. The van der Waals surface area contributed by atoms with E-state index in [1.165, 1.54) is 12.3 Å². The van der Waals surface area contributed by atoms with Gasteiger partial charge in [0.25, 0.3) is 5.56 Å². The molecule has 0 aromatic carbocycles. The van der Waals surface area contributed by atoms with Crippen LogP contribution in [-0.2, 0) is 12.6 Å². The van der Waals surface area contributed by atoms with Crippen LogP contribution in [0.25, 0.3) is 5.65 Å². The third-order valence-corrected chi connectivity index (χ3v) is 2.43. The van der Waals surface area contributed by atoms with Crippen molar-refractivity contribution in [2.24, 2.45) is 0 Å². The molecule has 0 saturated heterocycles. The molecule has 2 aromatic rings. The third-order valence-electron chi connectivity index (χ3n) is 2.43. The van der Waals surface area contributed by atoms with Gasteiger partial charge in [-0.2, -0.15) is 13.2 Å². The Morgan fingerprint density at radius 2 is 2.06 bits per heavy atom. The molecule has 0 aliphatic rings. The first-order chi connectivity index (χ1) is 7.91. The fourth-order valence-electron chi connectivity index (χ4n) is 1.51. The Balaban J connectivity index is 2.75. The summed E-state index contributed by atoms with van der Waals surface area (Å²) in [5.41, 5.74) is -1.04. The minimum absolute atomic E-state index is 0.0178. The summed E-state index contributed by atoms with van der Waals surface area (Å²) in [6, 6.07) is 3.67. The van der Waals surface area contributed by atoms with Gasteiger partial charge >= 0.3 is 6.18 Å². The van der Waals surface area contributed by atoms with Gasteiger partial charge in [-0.15, -0.1) is 0 Å². The molecular formula is C11H9F3N2O. The number of hydrogen-bond acceptors (Lipinski definition) is 2. The first-order valence-corrected chi connectivity index (χ1v) is 5.01. The summed E-state index contributed by atoms with van der Waals surface area (Å²) in [7, 11) is 0. The molecule has 0 saturated carbocycles. The molecule has 0 aliphatic heterocycles. The van der Waals surface area contributed by atoms with Gasteiger partial charge in [0.15, 0.2) is 5.69 Å². The van der Waals surface area contributed by atoms with Gasteiger partial charge in [-0.3, -0.25) is 9.20 Å². The van der Waals surface area contributed by atoms with Crippen molar-refractivity contribution in [1.29, 1.82) is 0 Å². The average Bonchev–Trinajstić information content (AvgIpc) is 2.27. The Morgan fingerprint density at radius 1 is 1.35 bits per heavy atom. The molecule has 0 amide bonds. The van der Waals surface area contributed by atoms with Crippen LogP contribution in [-0.4, -0.2) is 9.38 Å². The Bertz CT molecular complexity index is 616. The van der Waals surface area contributed by atoms with E-state index in [-0.39, 0.29) is 5.65 Å². The zero-order valence-corrected chi connectivity index (χ0v) is 8.95. The number of fused-ring (bicyclic) bond motifs is 1. The molecule has 17 heavy (non-hydrogen) atoms. The Morgan fingerprint density at radius 3 is 2.65 bits per heavy atom. The minimum Gasteiger partial charge on any atom is -0.269 e. The van der Waals surface area contributed by atoms with Crippen molar-refractivity contribution < 1.29 is 13.2 Å². The van der Waals surface area contributed by atoms with Gasteiger partial charge in [-0.25, -0.2) is 4.98 Å². The highest BCUT2D eigenvalue weighted by Crippen LogP contribution is 2.26. The zero-order valence-electron chi connectivity index (χ0n) is 8.95. The van der Waals surface area contributed by atoms with Crippen molar-refractivity contribution in [2.75, 3.05) is 0 Å². The normalized spacial score (nSPS) is 12.0. The third kappa shape index (κ3) is 2.15. The first kappa shape index (κ1) is 11.6. The first-order valence-electron chi connectivity index (χ1n) is 5.01. The van der Waals surface area contributed by atoms with E-state index in [4.69, 9.17) is 0 Å². The number of hydrogen-bond donors (Lipinski definition) is 0. The summed E-state index contributed by atoms with van der Waals surface area (Å²) in [6.45, 7) is 1.87. The van der Waals surface area contributed by atoms with Gasteiger partial charge in [-0.1, -0.05) is 6.92 Å². The van der Waals surface area contributed by atoms with Gasteiger partial charge in [0.2, 0.25) is 0 Å². The molecule has 0 atom stereocenters. The average molecular weight is 242 g/mol. The quantitative estimate of drug-likeness (QED) is 0.768. The number of rotatable bonds is 1. The van der Waals surface area contributed by atoms with Crippen molar-refractivity contribution in [1.82, 2.24) is 9.38 Å². The minimum atomic E-state index is -4.60. The van der Waals surface area contributed by atoms with Gasteiger partial charge in [0.05, 0.1) is 0 Å². The molecular weight excluding hydrogens is 233 g/mol. The van der Waals surface area contributed by atoms with Crippen LogP contribution in [0.5, 0.6) is 0 Å². The maximum absolute atomic E-state index is 12.5. The van der Waals surface area contributed by atoms with E-state index in [0.29, 0.717) is 12.5 Å². The number of aromatic nitrogens is 2. The number of nitrogens with zero attached hydrogens (tertiary/aromatic N) is 2. The highest BCUT2D eigenvalue weighted by atomic mass is 19.4. The maximum Gasteiger partial charge on any atom is 0.433 e. The number of halogens is 3. The maximum atomic E-state index is 12.5. The van der Waals surface area contributed by atoms with Crippen LogP contribution in [0, 0.1) is 0 Å². The predicted octanol–water partition coefficient (Wildman–Crippen LogP) is 2.28. The molecule has 6 heteroatoms. The lowest BCUT2D eigenvalue weighted by molar-refractivity contribution is -0.141. The van der Waals surface area contributed by atoms with Crippen LogP contribution in [0.3, 0.4) is 0 Å². The van der Waals surface area contributed by atoms with Crippen LogP contribution >= 0.6 is 0 Å². The Labute approximate surface area is 94.5 Å². The van der Waals surface area contributed by atoms with E-state index >= 15 is 0 Å². The molecule has 0 bridgehead atoms. The lowest BCUT2D eigenvalue weighted by atomic mass is 10.2. The van der Waals surface area contributed by atoms with Gasteiger partial charge in [0, 0.05) is 12.3 Å². The van der Waals surface area contributed by atoms with Crippen LogP contribution in [0.2, 0.25) is 0 Å². The van der Waals surface area contributed by atoms with Crippen molar-refractivity contribution in [3.63, 3.8) is 0 Å². The van der Waals surface area contributed by atoms with Gasteiger partial charge in [0.1, 0.15) is 5.65 Å². The fraction of sp³-hybridized carbons (Fsp3) is 0.273. The van der Waals surface area contributed by atoms with E-state index in [1.54, 1.807) is 6.07 Å². The second kappa shape index (κ2) is 3.87. The molecule has 0 N–H and O–H groups in total. The number of aryl methyl sites for hydroxylation is 1. The van der Waals surface area contributed by atoms with Gasteiger partial charge < -0.3 is 0 Å². The topological polar surface area (TPSA) is 34.4 Å². The van der Waals surface area contributed by atoms with Crippen molar-refractivity contribution >= 4 is 5.65 Å². The molecule has 0 aliphatic carbocycles. The fourth-order valence-corrected chi connectivity index (χ4v) is 1.51. The van der Waals surface area contributed by atoms with Crippen molar-refractivity contribution in [3.8, 4) is 0 Å². The molecule has 2 heterocycles. The van der Waals surface area contributed by atoms with E-state index in [0.717, 1.165) is 9.96 Å². The zero-order chi connectivity index (χ0) is 12.6. The number of alkyl halides is 3. The summed E-state index contributed by atoms with van der Waals surface area (Å²) < 4.78 is 38.5. The predicted molar refractivity (Wildman–Crippen MR) is 55.8 cm³/mol. The smallest absolute Gasteiger partial charge is 0.269 e. The van der Waals surface area contributed by atoms with Crippen LogP contribution in [0.1, 0.15) is 18.2 Å². The lowest BCUT2D eigenvalue weighted by Gasteiger charge is -2.07. The summed E-state index contributed by atoms with van der Waals surface area (Å²) in [5, 5.41) is 0. The summed E-state index contributed by atoms with van der Waals surface area (Å²) in [6.07, 6.45) is -2.50. The summed E-state index contributed by atoms with van der Waals surface area (Å²) >= 11 is 0. The second-order valence-corrected chi connectivity index (χ2v) is 3.59. The standard InChI is InChI=1S/C11H9F3N2O/c1-2-7-3-4-16-9(5-7)15-8(6-10(16)17)11(12,13)14/h3-6H,2H2,1H3. The van der Waals surface area contributed by atoms with Crippen LogP contribution < -0.4 is 5.56 Å². The van der Waals surface area contributed by atoms with Crippen molar-refractivity contribution in [3.05, 3.63) is 46.0 Å². The molecule has 0 radical (unpaired) electrons. The highest BCUT2D eigenvalue weighted by molar-refractivity contribution is 5.42. The monoisotopic (exact) mass is 242 g/mol. The lowest BCUT2D eigenvalue weighted by Crippen LogP contribution is -2.19. The Kier molecular flexibility index (Phi) is 2.65. The van der Waals surface area contributed by atoms with Gasteiger partial charge in [-0.05, 0) is 24.1 Å². The molecule has 90 valence electrons. The van der Waals surface area contributed by atoms with E-state index in [9.17, 15) is 18.0 Å². The second-order valence-electron chi connectivity index (χ2n) is 3.59. The summed E-state index contributed by atoms with van der Waals surface area (Å²) in [4.78, 5) is 14.9. The van der Waals surface area contributed by atoms with Crippen LogP contribution in [0.15, 0.2) is 29.2 Å². The number of pyridine rings is 1. The van der Waals surface area contributed by atoms with E-state index in [1.807, 2.05) is 6.92 Å². The molecule has 3 nitrogen and oxygen atoms in total. The molecule has 0 fully saturated rings. The van der Waals surface area contributed by atoms with Crippen molar-refractivity contribution in [2.45, 2.75) is 19.5 Å². The Hall–Kier alpha value is -1.85. The van der Waals surface area contributed by atoms with E-state index in [2.05, 4.69) is 4.98 Å². The molecule has 2 rings (SSSR count).